The molecule has 1 aliphatic heterocycles. The molecule has 0 saturated carbocycles. The maximum atomic E-state index is 4.97. The third-order valence-corrected chi connectivity index (χ3v) is 2.01. The van der Waals surface area contributed by atoms with Crippen molar-refractivity contribution >= 4 is 5.82 Å². The number of rotatable bonds is 2. The van der Waals surface area contributed by atoms with E-state index < -0.39 is 0 Å². The third-order valence-electron chi connectivity index (χ3n) is 2.01. The van der Waals surface area contributed by atoms with Crippen LogP contribution in [0, 0.1) is 6.26 Å². The molecule has 0 unspecified atom stereocenters. The van der Waals surface area contributed by atoms with Gasteiger partial charge in [0.15, 0.2) is 13.0 Å². The van der Waals surface area contributed by atoms with Gasteiger partial charge in [0, 0.05) is 6.20 Å². The van der Waals surface area contributed by atoms with Gasteiger partial charge in [-0.05, 0) is 24.1 Å². The van der Waals surface area contributed by atoms with Crippen LogP contribution in [-0.4, -0.2) is 11.7 Å². The molecule has 0 N–H and O–H groups in total. The van der Waals surface area contributed by atoms with Gasteiger partial charge >= 0.3 is 0 Å². The van der Waals surface area contributed by atoms with Crippen molar-refractivity contribution in [3.8, 4) is 0 Å². The van der Waals surface area contributed by atoms with Crippen molar-refractivity contribution in [2.45, 2.75) is 13.3 Å². The molecule has 0 saturated heterocycles. The molecule has 67 valence electrons. The van der Waals surface area contributed by atoms with E-state index in [4.69, 9.17) is 4.74 Å². The molecule has 0 amide bonds. The molecule has 1 aromatic heterocycles. The van der Waals surface area contributed by atoms with Crippen molar-refractivity contribution in [3.63, 3.8) is 0 Å². The fourth-order valence-electron chi connectivity index (χ4n) is 1.21. The van der Waals surface area contributed by atoms with E-state index >= 15 is 0 Å². The van der Waals surface area contributed by atoms with Crippen LogP contribution in [0.3, 0.4) is 0 Å². The van der Waals surface area contributed by atoms with Gasteiger partial charge in [0.05, 0.1) is 6.20 Å². The molecule has 1 radical (unpaired) electrons. The van der Waals surface area contributed by atoms with Crippen LogP contribution < -0.4 is 4.90 Å². The van der Waals surface area contributed by atoms with E-state index in [1.54, 1.807) is 6.20 Å². The van der Waals surface area contributed by atoms with Crippen LogP contribution in [-0.2, 0) is 11.2 Å². The zero-order chi connectivity index (χ0) is 9.10. The van der Waals surface area contributed by atoms with E-state index in [1.165, 1.54) is 5.56 Å². The van der Waals surface area contributed by atoms with Crippen LogP contribution >= 0.6 is 0 Å². The van der Waals surface area contributed by atoms with Gasteiger partial charge in [-0.2, -0.15) is 0 Å². The minimum atomic E-state index is 0.514. The highest BCUT2D eigenvalue weighted by molar-refractivity contribution is 5.43. The van der Waals surface area contributed by atoms with Gasteiger partial charge in [0.1, 0.15) is 5.82 Å². The van der Waals surface area contributed by atoms with E-state index in [2.05, 4.69) is 24.2 Å². The van der Waals surface area contributed by atoms with Gasteiger partial charge in [0.25, 0.3) is 0 Å². The standard InChI is InChI=1S/C10H11N2O/c1-2-9-3-4-11-10(7-9)12-5-6-13-8-12/h3-5,7H,2,8H2,1H3. The third kappa shape index (κ3) is 1.64. The molecule has 13 heavy (non-hydrogen) atoms. The first-order valence-electron chi connectivity index (χ1n) is 4.32. The molecular formula is C10H11N2O. The van der Waals surface area contributed by atoms with Gasteiger partial charge in [0.2, 0.25) is 0 Å². The number of hydrogen-bond acceptors (Lipinski definition) is 3. The molecule has 0 aliphatic carbocycles. The van der Waals surface area contributed by atoms with Crippen LogP contribution in [0.1, 0.15) is 12.5 Å². The van der Waals surface area contributed by atoms with Crippen molar-refractivity contribution in [1.29, 1.82) is 0 Å². The lowest BCUT2D eigenvalue weighted by atomic mass is 10.2. The Morgan fingerprint density at radius 3 is 3.31 bits per heavy atom. The van der Waals surface area contributed by atoms with Gasteiger partial charge in [-0.15, -0.1) is 0 Å². The van der Waals surface area contributed by atoms with Crippen LogP contribution in [0.25, 0.3) is 0 Å². The zero-order valence-corrected chi connectivity index (χ0v) is 7.53. The van der Waals surface area contributed by atoms with Crippen molar-refractivity contribution in [3.05, 3.63) is 36.4 Å². The predicted molar refractivity (Wildman–Crippen MR) is 49.9 cm³/mol. The summed E-state index contributed by atoms with van der Waals surface area (Å²) in [5, 5.41) is 0. The summed E-state index contributed by atoms with van der Waals surface area (Å²) < 4.78 is 4.97. The first kappa shape index (κ1) is 8.10. The predicted octanol–water partition coefficient (Wildman–Crippen LogP) is 1.71. The van der Waals surface area contributed by atoms with Crippen molar-refractivity contribution in [2.24, 2.45) is 0 Å². The Kier molecular flexibility index (Phi) is 2.17. The number of aromatic nitrogens is 1. The Morgan fingerprint density at radius 2 is 2.62 bits per heavy atom. The fraction of sp³-hybridized carbons (Fsp3) is 0.300. The normalized spacial score (nSPS) is 14.7. The minimum absolute atomic E-state index is 0.514. The number of aryl methyl sites for hydroxylation is 1. The molecule has 0 atom stereocenters. The molecule has 2 rings (SSSR count). The molecular weight excluding hydrogens is 164 g/mol. The van der Waals surface area contributed by atoms with Crippen molar-refractivity contribution in [1.82, 2.24) is 4.98 Å². The first-order chi connectivity index (χ1) is 6.40. The largest absolute Gasteiger partial charge is 0.467 e. The molecule has 1 aromatic rings. The molecule has 1 aliphatic rings. The monoisotopic (exact) mass is 175 g/mol. The highest BCUT2D eigenvalue weighted by Crippen LogP contribution is 2.15. The summed E-state index contributed by atoms with van der Waals surface area (Å²) in [7, 11) is 0. The highest BCUT2D eigenvalue weighted by Gasteiger charge is 2.09. The maximum Gasteiger partial charge on any atom is 0.181 e. The van der Waals surface area contributed by atoms with Crippen LogP contribution in [0.2, 0.25) is 0 Å². The van der Waals surface area contributed by atoms with Gasteiger partial charge < -0.3 is 4.74 Å². The molecule has 0 fully saturated rings. The van der Waals surface area contributed by atoms with Gasteiger partial charge in [-0.25, -0.2) is 4.98 Å². The van der Waals surface area contributed by atoms with E-state index in [1.807, 2.05) is 17.2 Å². The smallest absolute Gasteiger partial charge is 0.181 e. The summed E-state index contributed by atoms with van der Waals surface area (Å²) in [6.45, 7) is 2.64. The second kappa shape index (κ2) is 3.47. The molecule has 0 bridgehead atoms. The summed E-state index contributed by atoms with van der Waals surface area (Å²) in [6.07, 6.45) is 7.28. The number of hydrogen-bond donors (Lipinski definition) is 0. The lowest BCUT2D eigenvalue weighted by Gasteiger charge is -2.12. The SMILES string of the molecule is CCc1ccnc(N2C=[C]OC2)c1. The van der Waals surface area contributed by atoms with Crippen LogP contribution in [0.4, 0.5) is 5.82 Å². The van der Waals surface area contributed by atoms with E-state index in [0.29, 0.717) is 6.73 Å². The van der Waals surface area contributed by atoms with Gasteiger partial charge in [-0.1, -0.05) is 6.92 Å². The maximum absolute atomic E-state index is 4.97. The molecule has 3 heteroatoms. The Hall–Kier alpha value is -1.51. The number of pyridine rings is 1. The number of nitrogens with zero attached hydrogens (tertiary/aromatic N) is 2. The summed E-state index contributed by atoms with van der Waals surface area (Å²) in [5.74, 6) is 0.921. The molecule has 0 spiro atoms. The van der Waals surface area contributed by atoms with Crippen LogP contribution in [0.5, 0.6) is 0 Å². The molecule has 0 aromatic carbocycles. The quantitative estimate of drug-likeness (QED) is 0.684. The minimum Gasteiger partial charge on any atom is -0.467 e. The van der Waals surface area contributed by atoms with Crippen LogP contribution in [0.15, 0.2) is 24.5 Å². The fourth-order valence-corrected chi connectivity index (χ4v) is 1.21. The van der Waals surface area contributed by atoms with E-state index in [9.17, 15) is 0 Å². The summed E-state index contributed by atoms with van der Waals surface area (Å²) in [6, 6.07) is 4.08. The van der Waals surface area contributed by atoms with E-state index in [-0.39, 0.29) is 0 Å². The number of ether oxygens (including phenoxy) is 1. The Bertz CT molecular complexity index is 322. The number of anilines is 1. The first-order valence-corrected chi connectivity index (χ1v) is 4.32. The second-order valence-corrected chi connectivity index (χ2v) is 2.87. The van der Waals surface area contributed by atoms with Gasteiger partial charge in [-0.3, -0.25) is 4.90 Å². The molecule has 2 heterocycles. The average molecular weight is 175 g/mol. The molecule has 3 nitrogen and oxygen atoms in total. The lowest BCUT2D eigenvalue weighted by molar-refractivity contribution is 0.261. The average Bonchev–Trinajstić information content (AvgIpc) is 2.71. The summed E-state index contributed by atoms with van der Waals surface area (Å²) in [5.41, 5.74) is 1.28. The highest BCUT2D eigenvalue weighted by atomic mass is 16.5. The Labute approximate surface area is 77.7 Å². The Morgan fingerprint density at radius 1 is 1.69 bits per heavy atom. The summed E-state index contributed by atoms with van der Waals surface area (Å²) in [4.78, 5) is 6.16. The topological polar surface area (TPSA) is 25.4 Å². The zero-order valence-electron chi connectivity index (χ0n) is 7.53. The summed E-state index contributed by atoms with van der Waals surface area (Å²) >= 11 is 0. The lowest BCUT2D eigenvalue weighted by Crippen LogP contribution is -2.14. The van der Waals surface area contributed by atoms with E-state index in [0.717, 1.165) is 12.2 Å². The second-order valence-electron chi connectivity index (χ2n) is 2.87. The van der Waals surface area contributed by atoms with Crippen molar-refractivity contribution < 1.29 is 4.74 Å². The Balaban J connectivity index is 2.24. The van der Waals surface area contributed by atoms with Crippen molar-refractivity contribution in [2.75, 3.05) is 11.6 Å².